The molecule has 2 rings (SSSR count). The first-order valence-electron chi connectivity index (χ1n) is 4.81. The summed E-state index contributed by atoms with van der Waals surface area (Å²) in [5.74, 6) is 2.37. The Morgan fingerprint density at radius 2 is 2.33 bits per heavy atom. The Labute approximate surface area is 78.1 Å². The third kappa shape index (κ3) is 1.95. The van der Waals surface area contributed by atoms with Crippen LogP contribution in [0.2, 0.25) is 0 Å². The van der Waals surface area contributed by atoms with Gasteiger partial charge in [0.25, 0.3) is 0 Å². The molecule has 1 atom stereocenters. The molecule has 0 bridgehead atoms. The lowest BCUT2D eigenvalue weighted by Gasteiger charge is -2.36. The normalized spacial score (nSPS) is 36.8. The highest BCUT2D eigenvalue weighted by Gasteiger charge is 2.36. The molecule has 0 aromatic rings. The number of hydrogen-bond donors (Lipinski definition) is 2. The molecule has 70 valence electrons. The molecule has 12 heavy (non-hydrogen) atoms. The maximum absolute atomic E-state index is 9.34. The minimum atomic E-state index is 0.0735. The third-order valence-corrected chi connectivity index (χ3v) is 4.05. The van der Waals surface area contributed by atoms with Gasteiger partial charge in [0.15, 0.2) is 0 Å². The molecule has 1 saturated carbocycles. The van der Waals surface area contributed by atoms with Crippen LogP contribution >= 0.6 is 11.8 Å². The zero-order valence-corrected chi connectivity index (χ0v) is 8.20. The number of thioether (sulfide) groups is 1. The topological polar surface area (TPSA) is 32.3 Å². The molecule has 1 aliphatic heterocycles. The molecule has 1 unspecified atom stereocenters. The Morgan fingerprint density at radius 1 is 1.50 bits per heavy atom. The van der Waals surface area contributed by atoms with Gasteiger partial charge in [-0.2, -0.15) is 11.8 Å². The van der Waals surface area contributed by atoms with Gasteiger partial charge in [-0.1, -0.05) is 0 Å². The van der Waals surface area contributed by atoms with E-state index in [-0.39, 0.29) is 5.54 Å². The Balaban J connectivity index is 1.90. The van der Waals surface area contributed by atoms with Crippen LogP contribution in [0.1, 0.15) is 25.7 Å². The highest BCUT2D eigenvalue weighted by molar-refractivity contribution is 7.99. The van der Waals surface area contributed by atoms with Crippen molar-refractivity contribution >= 4 is 11.8 Å². The Morgan fingerprint density at radius 3 is 2.83 bits per heavy atom. The summed E-state index contributed by atoms with van der Waals surface area (Å²) in [6, 6.07) is 0.718. The maximum Gasteiger partial charge on any atom is 0.0621 e. The van der Waals surface area contributed by atoms with Crippen molar-refractivity contribution in [3.8, 4) is 0 Å². The standard InChI is InChI=1S/C9H17NOS/c11-6-9(10-8-2-3-8)4-1-5-12-7-9/h8,10-11H,1-7H2. The average Bonchev–Trinajstić information content (AvgIpc) is 2.90. The molecule has 2 nitrogen and oxygen atoms in total. The molecular formula is C9H17NOS. The molecule has 1 saturated heterocycles. The molecule has 0 spiro atoms. The third-order valence-electron chi connectivity index (χ3n) is 2.71. The van der Waals surface area contributed by atoms with Crippen molar-refractivity contribution in [2.75, 3.05) is 18.1 Å². The van der Waals surface area contributed by atoms with Crippen molar-refractivity contribution in [1.82, 2.24) is 5.32 Å². The molecule has 0 amide bonds. The van der Waals surface area contributed by atoms with E-state index in [1.807, 2.05) is 11.8 Å². The van der Waals surface area contributed by atoms with E-state index in [0.29, 0.717) is 6.61 Å². The maximum atomic E-state index is 9.34. The minimum absolute atomic E-state index is 0.0735. The fourth-order valence-electron chi connectivity index (χ4n) is 1.80. The summed E-state index contributed by atoms with van der Waals surface area (Å²) in [6.07, 6.45) is 5.04. The Hall–Kier alpha value is 0.270. The first-order chi connectivity index (χ1) is 5.85. The summed E-state index contributed by atoms with van der Waals surface area (Å²) in [5.41, 5.74) is 0.0735. The molecule has 0 radical (unpaired) electrons. The van der Waals surface area contributed by atoms with Crippen LogP contribution in [-0.2, 0) is 0 Å². The lowest BCUT2D eigenvalue weighted by Crippen LogP contribution is -2.53. The Kier molecular flexibility index (Phi) is 2.63. The number of hydrogen-bond acceptors (Lipinski definition) is 3. The predicted octanol–water partition coefficient (Wildman–Crippen LogP) is 0.996. The van der Waals surface area contributed by atoms with Crippen LogP contribution in [0.15, 0.2) is 0 Å². The largest absolute Gasteiger partial charge is 0.394 e. The number of rotatable bonds is 3. The second kappa shape index (κ2) is 3.56. The molecule has 2 aliphatic rings. The van der Waals surface area contributed by atoms with Crippen molar-refractivity contribution in [3.05, 3.63) is 0 Å². The van der Waals surface area contributed by atoms with Gasteiger partial charge in [0.1, 0.15) is 0 Å². The first kappa shape index (κ1) is 8.85. The van der Waals surface area contributed by atoms with Gasteiger partial charge in [-0.3, -0.25) is 0 Å². The van der Waals surface area contributed by atoms with E-state index in [0.717, 1.165) is 18.2 Å². The molecule has 1 heterocycles. The van der Waals surface area contributed by atoms with Crippen molar-refractivity contribution in [2.24, 2.45) is 0 Å². The molecular weight excluding hydrogens is 170 g/mol. The second-order valence-corrected chi connectivity index (χ2v) is 5.12. The van der Waals surface area contributed by atoms with E-state index in [9.17, 15) is 5.11 Å². The highest BCUT2D eigenvalue weighted by atomic mass is 32.2. The van der Waals surface area contributed by atoms with E-state index < -0.39 is 0 Å². The fraction of sp³-hybridized carbons (Fsp3) is 1.00. The predicted molar refractivity (Wildman–Crippen MR) is 52.5 cm³/mol. The van der Waals surface area contributed by atoms with E-state index in [1.54, 1.807) is 0 Å². The number of aliphatic hydroxyl groups excluding tert-OH is 1. The smallest absolute Gasteiger partial charge is 0.0621 e. The van der Waals surface area contributed by atoms with Gasteiger partial charge in [-0.15, -0.1) is 0 Å². The van der Waals surface area contributed by atoms with Crippen molar-refractivity contribution < 1.29 is 5.11 Å². The van der Waals surface area contributed by atoms with Crippen LogP contribution in [0.5, 0.6) is 0 Å². The number of nitrogens with one attached hydrogen (secondary N) is 1. The van der Waals surface area contributed by atoms with Gasteiger partial charge in [0.2, 0.25) is 0 Å². The number of aliphatic hydroxyl groups is 1. The quantitative estimate of drug-likeness (QED) is 0.691. The summed E-state index contributed by atoms with van der Waals surface area (Å²) < 4.78 is 0. The molecule has 1 aliphatic carbocycles. The van der Waals surface area contributed by atoms with Crippen molar-refractivity contribution in [2.45, 2.75) is 37.3 Å². The molecule has 3 heteroatoms. The molecule has 0 aromatic carbocycles. The summed E-state index contributed by atoms with van der Waals surface area (Å²) in [5, 5.41) is 12.9. The average molecular weight is 187 g/mol. The van der Waals surface area contributed by atoms with Gasteiger partial charge in [-0.25, -0.2) is 0 Å². The fourth-order valence-corrected chi connectivity index (χ4v) is 3.00. The summed E-state index contributed by atoms with van der Waals surface area (Å²) in [7, 11) is 0. The Bertz CT molecular complexity index is 153. The van der Waals surface area contributed by atoms with Crippen LogP contribution in [0.25, 0.3) is 0 Å². The van der Waals surface area contributed by atoms with Gasteiger partial charge in [0.05, 0.1) is 12.1 Å². The van der Waals surface area contributed by atoms with E-state index in [4.69, 9.17) is 0 Å². The summed E-state index contributed by atoms with van der Waals surface area (Å²) in [4.78, 5) is 0. The zero-order chi connectivity index (χ0) is 8.44. The van der Waals surface area contributed by atoms with Crippen LogP contribution in [0, 0.1) is 0 Å². The van der Waals surface area contributed by atoms with Gasteiger partial charge in [-0.05, 0) is 31.4 Å². The SMILES string of the molecule is OCC1(NC2CC2)CCCSC1. The van der Waals surface area contributed by atoms with E-state index in [2.05, 4.69) is 5.32 Å². The zero-order valence-electron chi connectivity index (χ0n) is 7.38. The van der Waals surface area contributed by atoms with Gasteiger partial charge >= 0.3 is 0 Å². The highest BCUT2D eigenvalue weighted by Crippen LogP contribution is 2.30. The van der Waals surface area contributed by atoms with E-state index in [1.165, 1.54) is 25.0 Å². The van der Waals surface area contributed by atoms with Crippen molar-refractivity contribution in [3.63, 3.8) is 0 Å². The molecule has 2 N–H and O–H groups in total. The minimum Gasteiger partial charge on any atom is -0.394 e. The summed E-state index contributed by atoms with van der Waals surface area (Å²) in [6.45, 7) is 0.316. The van der Waals surface area contributed by atoms with Crippen LogP contribution in [0.3, 0.4) is 0 Å². The summed E-state index contributed by atoms with van der Waals surface area (Å²) >= 11 is 1.97. The first-order valence-corrected chi connectivity index (χ1v) is 5.96. The van der Waals surface area contributed by atoms with E-state index >= 15 is 0 Å². The molecule has 2 fully saturated rings. The monoisotopic (exact) mass is 187 g/mol. The van der Waals surface area contributed by atoms with Gasteiger partial charge < -0.3 is 10.4 Å². The van der Waals surface area contributed by atoms with Crippen LogP contribution < -0.4 is 5.32 Å². The lowest BCUT2D eigenvalue weighted by molar-refractivity contribution is 0.164. The lowest BCUT2D eigenvalue weighted by atomic mass is 9.96. The van der Waals surface area contributed by atoms with Crippen LogP contribution in [0.4, 0.5) is 0 Å². The second-order valence-electron chi connectivity index (χ2n) is 4.01. The van der Waals surface area contributed by atoms with Crippen LogP contribution in [-0.4, -0.2) is 34.8 Å². The van der Waals surface area contributed by atoms with Gasteiger partial charge in [0, 0.05) is 11.8 Å². The van der Waals surface area contributed by atoms with Crippen molar-refractivity contribution in [1.29, 1.82) is 0 Å². The molecule has 0 aromatic heterocycles.